The Morgan fingerprint density at radius 2 is 1.34 bits per heavy atom. The molecule has 0 aromatic heterocycles. The van der Waals surface area contributed by atoms with Crippen molar-refractivity contribution < 1.29 is 35.8 Å². The molecule has 1 aliphatic heterocycles. The summed E-state index contributed by atoms with van der Waals surface area (Å²) >= 11 is 0. The number of benzene rings is 2. The van der Waals surface area contributed by atoms with Crippen LogP contribution in [0.15, 0.2) is 46.2 Å². The summed E-state index contributed by atoms with van der Waals surface area (Å²) < 4.78 is 77.5. The second-order valence-electron chi connectivity index (χ2n) is 7.90. The quantitative estimate of drug-likeness (QED) is 0.463. The topological polar surface area (TPSA) is 112 Å². The maximum atomic E-state index is 13.5. The molecule has 2 aromatic rings. The molecule has 1 unspecified atom stereocenters. The van der Waals surface area contributed by atoms with E-state index >= 15 is 0 Å². The third kappa shape index (κ3) is 5.35. The normalized spacial score (nSPS) is 17.3. The van der Waals surface area contributed by atoms with Crippen molar-refractivity contribution in [3.63, 3.8) is 0 Å². The lowest BCUT2D eigenvalue weighted by Gasteiger charge is -2.37. The van der Waals surface area contributed by atoms with Crippen LogP contribution in [0.3, 0.4) is 0 Å². The Balaban J connectivity index is 1.90. The van der Waals surface area contributed by atoms with Gasteiger partial charge >= 0.3 is 0 Å². The third-order valence-corrected chi connectivity index (χ3v) is 9.92. The van der Waals surface area contributed by atoms with Crippen LogP contribution in [0.5, 0.6) is 23.0 Å². The lowest BCUT2D eigenvalue weighted by molar-refractivity contribution is 0.215. The minimum absolute atomic E-state index is 0.0387. The fourth-order valence-corrected chi connectivity index (χ4v) is 7.44. The zero-order valence-electron chi connectivity index (χ0n) is 20.6. The van der Waals surface area contributed by atoms with E-state index in [9.17, 15) is 16.8 Å². The monoisotopic (exact) mass is 528 g/mol. The van der Waals surface area contributed by atoms with Crippen LogP contribution in [-0.4, -0.2) is 79.6 Å². The van der Waals surface area contributed by atoms with E-state index in [1.807, 2.05) is 0 Å². The van der Waals surface area contributed by atoms with Crippen molar-refractivity contribution in [1.29, 1.82) is 0 Å². The van der Waals surface area contributed by atoms with Gasteiger partial charge in [-0.05, 0) is 37.1 Å². The molecule has 35 heavy (non-hydrogen) atoms. The largest absolute Gasteiger partial charge is 0.493 e. The van der Waals surface area contributed by atoms with Crippen LogP contribution in [0.4, 0.5) is 0 Å². The summed E-state index contributed by atoms with van der Waals surface area (Å²) in [5, 5.41) is 0. The number of rotatable bonds is 10. The van der Waals surface area contributed by atoms with Crippen molar-refractivity contribution in [2.24, 2.45) is 0 Å². The molecule has 10 nitrogen and oxygen atoms in total. The van der Waals surface area contributed by atoms with Crippen LogP contribution >= 0.6 is 0 Å². The van der Waals surface area contributed by atoms with E-state index < -0.39 is 26.1 Å². The van der Waals surface area contributed by atoms with E-state index in [-0.39, 0.29) is 22.9 Å². The molecule has 0 amide bonds. The molecule has 0 radical (unpaired) electrons. The van der Waals surface area contributed by atoms with E-state index in [2.05, 4.69) is 0 Å². The molecule has 1 fully saturated rings. The molecule has 0 N–H and O–H groups in total. The van der Waals surface area contributed by atoms with Gasteiger partial charge in [0.15, 0.2) is 23.0 Å². The van der Waals surface area contributed by atoms with E-state index in [4.69, 9.17) is 18.9 Å². The maximum Gasteiger partial charge on any atom is 0.243 e. The fourth-order valence-electron chi connectivity index (χ4n) is 4.24. The van der Waals surface area contributed by atoms with Crippen LogP contribution in [0.25, 0.3) is 0 Å². The molecule has 0 aliphatic carbocycles. The maximum absolute atomic E-state index is 13.5. The van der Waals surface area contributed by atoms with Crippen molar-refractivity contribution in [2.75, 3.05) is 48.1 Å². The third-order valence-electron chi connectivity index (χ3n) is 6.03. The summed E-state index contributed by atoms with van der Waals surface area (Å²) in [5.41, 5.74) is 0. The minimum atomic E-state index is -3.92. The number of piperidine rings is 1. The first-order valence-corrected chi connectivity index (χ1v) is 14.0. The Morgan fingerprint density at radius 3 is 1.86 bits per heavy atom. The first-order valence-electron chi connectivity index (χ1n) is 11.1. The summed E-state index contributed by atoms with van der Waals surface area (Å²) in [4.78, 5) is 0.110. The second kappa shape index (κ2) is 11.0. The average molecular weight is 529 g/mol. The van der Waals surface area contributed by atoms with Gasteiger partial charge < -0.3 is 18.9 Å². The Labute approximate surface area is 207 Å². The van der Waals surface area contributed by atoms with Crippen molar-refractivity contribution in [3.8, 4) is 23.0 Å². The van der Waals surface area contributed by atoms with Crippen LogP contribution < -0.4 is 18.9 Å². The van der Waals surface area contributed by atoms with Gasteiger partial charge in [-0.2, -0.15) is 8.61 Å². The van der Waals surface area contributed by atoms with Crippen molar-refractivity contribution in [3.05, 3.63) is 36.4 Å². The molecule has 2 aromatic carbocycles. The van der Waals surface area contributed by atoms with Crippen molar-refractivity contribution >= 4 is 20.0 Å². The van der Waals surface area contributed by atoms with Crippen LogP contribution in [0.1, 0.15) is 19.8 Å². The van der Waals surface area contributed by atoms with Gasteiger partial charge in [0.2, 0.25) is 20.0 Å². The van der Waals surface area contributed by atoms with Crippen LogP contribution in [0, 0.1) is 0 Å². The lowest BCUT2D eigenvalue weighted by atomic mass is 10.1. The van der Waals surface area contributed by atoms with Gasteiger partial charge in [0.1, 0.15) is 0 Å². The number of ether oxygens (including phenoxy) is 4. The average Bonchev–Trinajstić information content (AvgIpc) is 2.88. The molecule has 194 valence electrons. The molecule has 0 spiro atoms. The van der Waals surface area contributed by atoms with E-state index in [0.29, 0.717) is 42.4 Å². The first kappa shape index (κ1) is 27.1. The summed E-state index contributed by atoms with van der Waals surface area (Å²) in [7, 11) is -1.99. The van der Waals surface area contributed by atoms with Gasteiger partial charge in [0.05, 0.1) is 38.2 Å². The Morgan fingerprint density at radius 1 is 0.829 bits per heavy atom. The molecule has 0 bridgehead atoms. The predicted octanol–water partition coefficient (Wildman–Crippen LogP) is 2.58. The highest BCUT2D eigenvalue weighted by Gasteiger charge is 2.37. The van der Waals surface area contributed by atoms with E-state index in [0.717, 1.165) is 0 Å². The molecular weight excluding hydrogens is 496 g/mol. The number of sulfonamides is 2. The van der Waals surface area contributed by atoms with Gasteiger partial charge in [0, 0.05) is 37.8 Å². The zero-order chi connectivity index (χ0) is 25.8. The first-order chi connectivity index (χ1) is 16.6. The highest BCUT2D eigenvalue weighted by Crippen LogP contribution is 2.34. The smallest absolute Gasteiger partial charge is 0.243 e. The summed E-state index contributed by atoms with van der Waals surface area (Å²) in [5.74, 6) is 1.43. The van der Waals surface area contributed by atoms with Gasteiger partial charge in [-0.3, -0.25) is 0 Å². The number of methoxy groups -OCH3 is 4. The standard InChI is InChI=1S/C23H32N2O8S2/c1-6-25(35(28,29)19-10-12-21(31-3)23(15-19)33-5)17-8-7-13-24(16-17)34(26,27)18-9-11-20(30-2)22(14-18)32-4/h9-12,14-15,17H,6-8,13,16H2,1-5H3. The fraction of sp³-hybridized carbons (Fsp3) is 0.478. The number of likely N-dealkylation sites (N-methyl/N-ethyl adjacent to an activating group) is 1. The molecule has 0 saturated carbocycles. The van der Waals surface area contributed by atoms with Crippen molar-refractivity contribution in [1.82, 2.24) is 8.61 Å². The highest BCUT2D eigenvalue weighted by atomic mass is 32.2. The minimum Gasteiger partial charge on any atom is -0.493 e. The van der Waals surface area contributed by atoms with Crippen molar-refractivity contribution in [2.45, 2.75) is 35.6 Å². The van der Waals surface area contributed by atoms with Gasteiger partial charge in [-0.25, -0.2) is 16.8 Å². The van der Waals surface area contributed by atoms with Crippen LogP contribution in [-0.2, 0) is 20.0 Å². The van der Waals surface area contributed by atoms with Gasteiger partial charge in [0.25, 0.3) is 0 Å². The number of hydrogen-bond acceptors (Lipinski definition) is 8. The molecule has 3 rings (SSSR count). The predicted molar refractivity (Wildman–Crippen MR) is 130 cm³/mol. The highest BCUT2D eigenvalue weighted by molar-refractivity contribution is 7.89. The molecular formula is C23H32N2O8S2. The zero-order valence-corrected chi connectivity index (χ0v) is 22.2. The Kier molecular flexibility index (Phi) is 8.52. The molecule has 1 atom stereocenters. The van der Waals surface area contributed by atoms with Gasteiger partial charge in [-0.1, -0.05) is 6.92 Å². The number of hydrogen-bond donors (Lipinski definition) is 0. The Hall–Kier alpha value is -2.54. The summed E-state index contributed by atoms with van der Waals surface area (Å²) in [6.45, 7) is 2.25. The molecule has 1 saturated heterocycles. The molecule has 1 heterocycles. The van der Waals surface area contributed by atoms with Crippen LogP contribution in [0.2, 0.25) is 0 Å². The lowest BCUT2D eigenvalue weighted by Crippen LogP contribution is -2.51. The van der Waals surface area contributed by atoms with E-state index in [1.165, 1.54) is 73.4 Å². The van der Waals surface area contributed by atoms with E-state index in [1.54, 1.807) is 6.92 Å². The second-order valence-corrected chi connectivity index (χ2v) is 11.7. The SMILES string of the molecule is CCN(C1CCCN(S(=O)(=O)c2ccc(OC)c(OC)c2)C1)S(=O)(=O)c1ccc(OC)c(OC)c1. The number of nitrogens with zero attached hydrogens (tertiary/aromatic N) is 2. The Bertz CT molecular complexity index is 1250. The van der Waals surface area contributed by atoms with Gasteiger partial charge in [-0.15, -0.1) is 0 Å². The molecule has 1 aliphatic rings. The summed E-state index contributed by atoms with van der Waals surface area (Å²) in [6, 6.07) is 8.29. The summed E-state index contributed by atoms with van der Waals surface area (Å²) in [6.07, 6.45) is 1.06. The molecule has 12 heteroatoms.